The molecule has 138 valence electrons. The Morgan fingerprint density at radius 2 is 2.04 bits per heavy atom. The fraction of sp³-hybridized carbons (Fsp3) is 0.400. The third-order valence-corrected chi connectivity index (χ3v) is 6.75. The number of likely N-dealkylation sites (tertiary alicyclic amines) is 1. The van der Waals surface area contributed by atoms with E-state index in [4.69, 9.17) is 0 Å². The molecule has 3 aliphatic heterocycles. The van der Waals surface area contributed by atoms with Gasteiger partial charge in [-0.05, 0) is 18.6 Å². The van der Waals surface area contributed by atoms with E-state index in [1.165, 1.54) is 22.7 Å². The molecule has 3 aliphatic rings. The van der Waals surface area contributed by atoms with Gasteiger partial charge in [0.1, 0.15) is 22.9 Å². The molecule has 12 heteroatoms. The van der Waals surface area contributed by atoms with Crippen LogP contribution in [-0.2, 0) is 19.9 Å². The van der Waals surface area contributed by atoms with Crippen LogP contribution in [0.4, 0.5) is 0 Å². The zero-order valence-corrected chi connectivity index (χ0v) is 17.9. The molecule has 0 aliphatic carbocycles. The molecule has 27 heavy (non-hydrogen) atoms. The fourth-order valence-electron chi connectivity index (χ4n) is 3.55. The molecule has 9 nitrogen and oxygen atoms in total. The number of carbonyl (C=O) groups excluding carboxylic acids is 2. The van der Waals surface area contributed by atoms with Crippen molar-refractivity contribution >= 4 is 38.9 Å². The maximum atomic E-state index is 12.7. The van der Waals surface area contributed by atoms with E-state index in [1.54, 1.807) is 18.2 Å². The van der Waals surface area contributed by atoms with Gasteiger partial charge in [-0.2, -0.15) is 0 Å². The average molecular weight is 419 g/mol. The molecule has 1 aromatic carbocycles. The minimum atomic E-state index is -4.85. The Balaban J connectivity index is 0.00000210. The monoisotopic (exact) mass is 419 g/mol. The molecule has 2 amide bonds. The van der Waals surface area contributed by atoms with Crippen LogP contribution >= 0.6 is 11.8 Å². The van der Waals surface area contributed by atoms with Crippen LogP contribution in [-0.4, -0.2) is 74.6 Å². The van der Waals surface area contributed by atoms with Crippen molar-refractivity contribution in [1.29, 1.82) is 0 Å². The first kappa shape index (κ1) is 20.6. The Labute approximate surface area is 182 Å². The van der Waals surface area contributed by atoms with E-state index >= 15 is 0 Å². The summed E-state index contributed by atoms with van der Waals surface area (Å²) in [7, 11) is -4.85. The summed E-state index contributed by atoms with van der Waals surface area (Å²) in [6.45, 7) is 0.203. The number of thioether (sulfide) groups is 1. The van der Waals surface area contributed by atoms with Gasteiger partial charge in [0, 0.05) is 17.9 Å². The van der Waals surface area contributed by atoms with Gasteiger partial charge in [-0.25, -0.2) is 12.7 Å². The standard InChI is InChI=1S/C15H15N3O6S2.Na/c19-11-4-2-1-3-8(11)13-16-9(7-25-13)14(20)17-6-5-10-12(17)15(21)18(10)26(22,23)24;/h1-4,9-10,12,19H,5-7H2,(H,22,23,24);/q;+1/p-1/t9-,10-,12+;/m1./s1. The summed E-state index contributed by atoms with van der Waals surface area (Å²) in [6, 6.07) is 4.29. The van der Waals surface area contributed by atoms with E-state index in [0.29, 0.717) is 20.7 Å². The van der Waals surface area contributed by atoms with Crippen LogP contribution in [0.3, 0.4) is 0 Å². The second kappa shape index (κ2) is 7.37. The van der Waals surface area contributed by atoms with E-state index in [9.17, 15) is 27.7 Å². The van der Waals surface area contributed by atoms with E-state index in [2.05, 4.69) is 4.99 Å². The second-order valence-corrected chi connectivity index (χ2v) is 8.46. The number of phenols is 1. The first-order valence-corrected chi connectivity index (χ1v) is 10.2. The van der Waals surface area contributed by atoms with Crippen LogP contribution in [0.1, 0.15) is 12.0 Å². The second-order valence-electron chi connectivity index (χ2n) is 6.20. The average Bonchev–Trinajstić information content (AvgIpc) is 3.18. The summed E-state index contributed by atoms with van der Waals surface area (Å²) < 4.78 is 33.7. The van der Waals surface area contributed by atoms with Crippen molar-refractivity contribution in [1.82, 2.24) is 9.21 Å². The summed E-state index contributed by atoms with van der Waals surface area (Å²) in [5.74, 6) is -0.787. The molecule has 0 saturated carbocycles. The number of aliphatic imine (C=N–C) groups is 1. The van der Waals surface area contributed by atoms with Crippen LogP contribution in [0, 0.1) is 0 Å². The Bertz CT molecular complexity index is 937. The maximum absolute atomic E-state index is 12.7. The van der Waals surface area contributed by atoms with Crippen molar-refractivity contribution in [2.45, 2.75) is 24.5 Å². The number of rotatable bonds is 3. The maximum Gasteiger partial charge on any atom is 1.00 e. The topological polar surface area (TPSA) is 130 Å². The number of phenolic OH excluding ortho intramolecular Hbond substituents is 1. The van der Waals surface area contributed by atoms with Gasteiger partial charge in [0.05, 0.1) is 6.04 Å². The number of nitrogens with zero attached hydrogens (tertiary/aromatic N) is 3. The van der Waals surface area contributed by atoms with Crippen molar-refractivity contribution in [2.24, 2.45) is 4.99 Å². The van der Waals surface area contributed by atoms with Crippen molar-refractivity contribution in [2.75, 3.05) is 12.3 Å². The van der Waals surface area contributed by atoms with Gasteiger partial charge in [-0.1, -0.05) is 12.1 Å². The van der Waals surface area contributed by atoms with Gasteiger partial charge in [-0.3, -0.25) is 14.6 Å². The minimum absolute atomic E-state index is 0. The Morgan fingerprint density at radius 3 is 2.70 bits per heavy atom. The molecule has 2 fully saturated rings. The van der Waals surface area contributed by atoms with E-state index in [0.717, 1.165) is 0 Å². The van der Waals surface area contributed by atoms with Crippen molar-refractivity contribution in [3.63, 3.8) is 0 Å². The third kappa shape index (κ3) is 3.40. The van der Waals surface area contributed by atoms with E-state index in [-0.39, 0.29) is 54.2 Å². The van der Waals surface area contributed by atoms with E-state index < -0.39 is 34.3 Å². The predicted octanol–water partition coefficient (Wildman–Crippen LogP) is -3.47. The van der Waals surface area contributed by atoms with Gasteiger partial charge in [-0.15, -0.1) is 11.8 Å². The number of benzene rings is 1. The zero-order chi connectivity index (χ0) is 18.6. The van der Waals surface area contributed by atoms with Gasteiger partial charge in [0.2, 0.25) is 5.91 Å². The summed E-state index contributed by atoms with van der Waals surface area (Å²) in [5, 5.41) is 10.4. The van der Waals surface area contributed by atoms with Gasteiger partial charge in [0.15, 0.2) is 10.3 Å². The van der Waals surface area contributed by atoms with Crippen molar-refractivity contribution in [3.05, 3.63) is 29.8 Å². The molecule has 4 rings (SSSR count). The molecule has 0 aromatic heterocycles. The van der Waals surface area contributed by atoms with Crippen LogP contribution in [0.25, 0.3) is 0 Å². The molecule has 3 heterocycles. The Morgan fingerprint density at radius 1 is 1.33 bits per heavy atom. The van der Waals surface area contributed by atoms with Crippen LogP contribution in [0.2, 0.25) is 0 Å². The number of carbonyl (C=O) groups is 2. The molecule has 0 radical (unpaired) electrons. The summed E-state index contributed by atoms with van der Waals surface area (Å²) in [5.41, 5.74) is 0.537. The largest absolute Gasteiger partial charge is 1.00 e. The van der Waals surface area contributed by atoms with Crippen LogP contribution < -0.4 is 29.6 Å². The normalized spacial score (nSPS) is 26.9. The first-order chi connectivity index (χ1) is 12.3. The van der Waals surface area contributed by atoms with Gasteiger partial charge in [0.25, 0.3) is 5.91 Å². The number of fused-ring (bicyclic) bond motifs is 1. The SMILES string of the molecule is O=C([C@H]1CSC(c2ccccc2O)=N1)N1CC[C@@H]2[C@H]1C(=O)N2S(=O)(=O)[O-].[Na+]. The molecule has 2 saturated heterocycles. The third-order valence-electron chi connectivity index (χ3n) is 4.73. The molecule has 1 aromatic rings. The van der Waals surface area contributed by atoms with Crippen molar-refractivity contribution < 1.29 is 57.2 Å². The molecule has 3 atom stereocenters. The fourth-order valence-corrected chi connectivity index (χ4v) is 5.49. The Hall–Kier alpha value is -1.11. The number of para-hydroxylation sites is 1. The summed E-state index contributed by atoms with van der Waals surface area (Å²) in [6.07, 6.45) is 0.250. The number of aromatic hydroxyl groups is 1. The first-order valence-electron chi connectivity index (χ1n) is 7.87. The smallest absolute Gasteiger partial charge is 0.731 e. The number of hydrogen-bond acceptors (Lipinski definition) is 8. The number of amides is 2. The number of β-lactam (4-membered cyclic amide) rings is 1. The minimum Gasteiger partial charge on any atom is -0.731 e. The van der Waals surface area contributed by atoms with Crippen LogP contribution in [0.5, 0.6) is 5.75 Å². The molecule has 0 bridgehead atoms. The van der Waals surface area contributed by atoms with Gasteiger partial charge < -0.3 is 14.6 Å². The molecular formula is C15H14N3NaO6S2. The molecule has 0 unspecified atom stereocenters. The summed E-state index contributed by atoms with van der Waals surface area (Å²) in [4.78, 5) is 30.5. The molecule has 0 spiro atoms. The zero-order valence-electron chi connectivity index (χ0n) is 14.3. The molecule has 1 N–H and O–H groups in total. The summed E-state index contributed by atoms with van der Waals surface area (Å²) >= 11 is 1.33. The quantitative estimate of drug-likeness (QED) is 0.306. The van der Waals surface area contributed by atoms with Crippen LogP contribution in [0.15, 0.2) is 29.3 Å². The van der Waals surface area contributed by atoms with E-state index in [1.807, 2.05) is 0 Å². The Kier molecular flexibility index (Phi) is 5.63. The predicted molar refractivity (Wildman–Crippen MR) is 91.3 cm³/mol. The van der Waals surface area contributed by atoms with Crippen molar-refractivity contribution in [3.8, 4) is 5.75 Å². The van der Waals surface area contributed by atoms with Gasteiger partial charge >= 0.3 is 29.6 Å². The number of hydrogen-bond donors (Lipinski definition) is 1. The molecular weight excluding hydrogens is 405 g/mol.